The summed E-state index contributed by atoms with van der Waals surface area (Å²) in [5.41, 5.74) is 1.51. The van der Waals surface area contributed by atoms with E-state index in [1.807, 2.05) is 39.1 Å². The Labute approximate surface area is 148 Å². The van der Waals surface area contributed by atoms with Crippen LogP contribution in [-0.4, -0.2) is 23.9 Å². The average Bonchev–Trinajstić information content (AvgIpc) is 3.16. The molecule has 2 aromatic heterocycles. The summed E-state index contributed by atoms with van der Waals surface area (Å²) in [6.45, 7) is 9.76. The van der Waals surface area contributed by atoms with Crippen LogP contribution >= 0.6 is 15.9 Å². The lowest BCUT2D eigenvalue weighted by atomic mass is 10.1. The molecule has 0 bridgehead atoms. The Morgan fingerprint density at radius 2 is 1.96 bits per heavy atom. The minimum absolute atomic E-state index is 0.337. The van der Waals surface area contributed by atoms with Gasteiger partial charge >= 0.3 is 0 Å². The summed E-state index contributed by atoms with van der Waals surface area (Å²) < 4.78 is 18.0. The molecule has 1 aliphatic rings. The highest BCUT2D eigenvalue weighted by molar-refractivity contribution is 9.10. The maximum atomic E-state index is 12.4. The fraction of sp³-hybridized carbons (Fsp3) is 0.625. The first-order valence-corrected chi connectivity index (χ1v) is 9.78. The van der Waals surface area contributed by atoms with Crippen LogP contribution in [0.15, 0.2) is 16.7 Å². The maximum absolute atomic E-state index is 12.4. The summed E-state index contributed by atoms with van der Waals surface area (Å²) >= 11 is 2.42. The highest BCUT2D eigenvalue weighted by Gasteiger charge is 2.37. The molecule has 0 saturated heterocycles. The van der Waals surface area contributed by atoms with E-state index in [2.05, 4.69) is 43.0 Å². The highest BCUT2D eigenvalue weighted by atomic mass is 79.9. The van der Waals surface area contributed by atoms with Crippen LogP contribution in [0, 0.1) is 0 Å². The van der Waals surface area contributed by atoms with E-state index in [0.717, 1.165) is 10.1 Å². The largest absolute Gasteiger partial charge is 0.598 e. The molecule has 2 heterocycles. The van der Waals surface area contributed by atoms with E-state index in [0.29, 0.717) is 11.7 Å². The molecule has 1 N–H and O–H groups in total. The number of halogens is 1. The van der Waals surface area contributed by atoms with E-state index in [9.17, 15) is 4.55 Å². The summed E-state index contributed by atoms with van der Waals surface area (Å²) in [5.74, 6) is 1.30. The third-order valence-corrected chi connectivity index (χ3v) is 6.31. The predicted molar refractivity (Wildman–Crippen MR) is 96.7 cm³/mol. The number of nitrogens with zero attached hydrogens (tertiary/aromatic N) is 3. The van der Waals surface area contributed by atoms with Crippen molar-refractivity contribution in [2.24, 2.45) is 0 Å². The molecule has 23 heavy (non-hydrogen) atoms. The Bertz CT molecular complexity index is 733. The number of aromatic nitrogens is 3. The van der Waals surface area contributed by atoms with Gasteiger partial charge in [0, 0.05) is 17.6 Å². The lowest BCUT2D eigenvalue weighted by Gasteiger charge is -2.30. The molecule has 7 heteroatoms. The summed E-state index contributed by atoms with van der Waals surface area (Å²) in [6.07, 6.45) is 4.55. The smallest absolute Gasteiger partial charge is 0.175 e. The molecule has 3 rings (SSSR count). The molecule has 0 radical (unpaired) electrons. The van der Waals surface area contributed by atoms with Crippen LogP contribution in [0.5, 0.6) is 0 Å². The number of rotatable bonds is 4. The third kappa shape index (κ3) is 3.57. The van der Waals surface area contributed by atoms with Gasteiger partial charge in [0.15, 0.2) is 11.5 Å². The number of hydrogen-bond acceptors (Lipinski definition) is 4. The topological polar surface area (TPSA) is 65.3 Å². The molecule has 0 unspecified atom stereocenters. The van der Waals surface area contributed by atoms with Gasteiger partial charge in [-0.3, -0.25) is 0 Å². The molecule has 1 fully saturated rings. The molecule has 0 aliphatic heterocycles. The van der Waals surface area contributed by atoms with E-state index >= 15 is 0 Å². The second kappa shape index (κ2) is 5.72. The van der Waals surface area contributed by atoms with Crippen molar-refractivity contribution in [3.05, 3.63) is 28.1 Å². The van der Waals surface area contributed by atoms with Crippen molar-refractivity contribution in [2.45, 2.75) is 63.7 Å². The van der Waals surface area contributed by atoms with Crippen molar-refractivity contribution in [1.29, 1.82) is 0 Å². The van der Waals surface area contributed by atoms with E-state index in [1.54, 1.807) is 0 Å². The summed E-state index contributed by atoms with van der Waals surface area (Å²) in [5, 5.41) is 4.63. The zero-order valence-corrected chi connectivity index (χ0v) is 16.6. The molecule has 0 aromatic carbocycles. The van der Waals surface area contributed by atoms with Gasteiger partial charge in [0.25, 0.3) is 0 Å². The zero-order chi connectivity index (χ0) is 17.0. The molecule has 0 spiro atoms. The van der Waals surface area contributed by atoms with Gasteiger partial charge in [-0.1, -0.05) is 0 Å². The van der Waals surface area contributed by atoms with Gasteiger partial charge < -0.3 is 4.55 Å². The van der Waals surface area contributed by atoms with Gasteiger partial charge in [-0.05, 0) is 80.9 Å². The Hall–Kier alpha value is -0.630. The van der Waals surface area contributed by atoms with E-state index < -0.39 is 16.9 Å². The fourth-order valence-electron chi connectivity index (χ4n) is 2.30. The molecule has 1 atom stereocenters. The second-order valence-electron chi connectivity index (χ2n) is 7.71. The van der Waals surface area contributed by atoms with Crippen molar-refractivity contribution >= 4 is 32.9 Å². The van der Waals surface area contributed by atoms with Crippen LogP contribution in [0.2, 0.25) is 0 Å². The molecule has 126 valence electrons. The van der Waals surface area contributed by atoms with E-state index in [-0.39, 0.29) is 4.75 Å². The Morgan fingerprint density at radius 1 is 1.30 bits per heavy atom. The highest BCUT2D eigenvalue weighted by Crippen LogP contribution is 2.41. The molecular weight excluding hydrogens is 376 g/mol. The van der Waals surface area contributed by atoms with Crippen molar-refractivity contribution in [2.75, 3.05) is 0 Å². The fourth-order valence-corrected chi connectivity index (χ4v) is 3.70. The minimum atomic E-state index is -1.19. The molecule has 2 aromatic rings. The standard InChI is InChI=1S/C16H23BrN4OS/c1-15(2,3)23(22)20-16(4,5)14-18-13-12(17)8-11(10-6-7-10)9-21(13)19-14/h8-10,20H,6-7H2,1-5H3/t23-/m1/s1. The van der Waals surface area contributed by atoms with E-state index in [4.69, 9.17) is 0 Å². The molecule has 0 amide bonds. The molecule has 1 aliphatic carbocycles. The van der Waals surface area contributed by atoms with Crippen LogP contribution in [0.4, 0.5) is 0 Å². The van der Waals surface area contributed by atoms with E-state index in [1.165, 1.54) is 18.4 Å². The number of nitrogens with one attached hydrogen (secondary N) is 1. The van der Waals surface area contributed by atoms with Gasteiger partial charge in [0.2, 0.25) is 0 Å². The summed E-state index contributed by atoms with van der Waals surface area (Å²) in [6, 6.07) is 2.14. The quantitative estimate of drug-likeness (QED) is 0.797. The second-order valence-corrected chi connectivity index (χ2v) is 10.5. The first kappa shape index (κ1) is 17.2. The summed E-state index contributed by atoms with van der Waals surface area (Å²) in [4.78, 5) is 4.65. The maximum Gasteiger partial charge on any atom is 0.175 e. The van der Waals surface area contributed by atoms with Gasteiger partial charge in [-0.25, -0.2) is 9.50 Å². The van der Waals surface area contributed by atoms with Crippen molar-refractivity contribution in [3.8, 4) is 0 Å². The van der Waals surface area contributed by atoms with Crippen molar-refractivity contribution in [3.63, 3.8) is 0 Å². The molecule has 1 saturated carbocycles. The van der Waals surface area contributed by atoms with Gasteiger partial charge in [-0.15, -0.1) is 9.82 Å². The summed E-state index contributed by atoms with van der Waals surface area (Å²) in [7, 11) is 0. The molecule has 5 nitrogen and oxygen atoms in total. The lowest BCUT2D eigenvalue weighted by Crippen LogP contribution is -2.48. The predicted octanol–water partition coefficient (Wildman–Crippen LogP) is 3.66. The van der Waals surface area contributed by atoms with Gasteiger partial charge in [0.05, 0.1) is 4.47 Å². The van der Waals surface area contributed by atoms with Crippen LogP contribution in [-0.2, 0) is 16.9 Å². The first-order chi connectivity index (χ1) is 10.6. The van der Waals surface area contributed by atoms with Gasteiger partial charge in [-0.2, -0.15) is 0 Å². The number of hydrogen-bond donors (Lipinski definition) is 1. The van der Waals surface area contributed by atoms with Crippen LogP contribution in [0.25, 0.3) is 5.65 Å². The number of fused-ring (bicyclic) bond motifs is 1. The normalized spacial score (nSPS) is 17.7. The Kier molecular flexibility index (Phi) is 4.28. The van der Waals surface area contributed by atoms with Crippen LogP contribution < -0.4 is 4.72 Å². The Morgan fingerprint density at radius 3 is 2.52 bits per heavy atom. The number of pyridine rings is 1. The first-order valence-electron chi connectivity index (χ1n) is 7.84. The minimum Gasteiger partial charge on any atom is -0.598 e. The van der Waals surface area contributed by atoms with Crippen molar-refractivity contribution < 1.29 is 4.55 Å². The van der Waals surface area contributed by atoms with Gasteiger partial charge in [0.1, 0.15) is 10.3 Å². The van der Waals surface area contributed by atoms with Crippen LogP contribution in [0.1, 0.15) is 64.8 Å². The Balaban J connectivity index is 1.94. The molecular formula is C16H23BrN4OS. The van der Waals surface area contributed by atoms with Crippen molar-refractivity contribution in [1.82, 2.24) is 19.3 Å². The zero-order valence-electron chi connectivity index (χ0n) is 14.2. The van der Waals surface area contributed by atoms with Crippen LogP contribution in [0.3, 0.4) is 0 Å². The lowest BCUT2D eigenvalue weighted by molar-refractivity contribution is 0.435. The monoisotopic (exact) mass is 398 g/mol. The average molecular weight is 399 g/mol. The SMILES string of the molecule is CC(C)(N[S@+]([O-])C(C)(C)C)c1nc2c(Br)cc(C3CC3)cn2n1. The third-order valence-electron chi connectivity index (χ3n) is 3.92.